The van der Waals surface area contributed by atoms with Gasteiger partial charge < -0.3 is 14.6 Å². The fourth-order valence-corrected chi connectivity index (χ4v) is 3.87. The molecule has 1 N–H and O–H groups in total. The lowest BCUT2D eigenvalue weighted by Gasteiger charge is -2.26. The molecule has 1 aromatic rings. The Morgan fingerprint density at radius 1 is 1.32 bits per heavy atom. The zero-order valence-electron chi connectivity index (χ0n) is 17.6. The number of amides is 1. The molecule has 1 aromatic heterocycles. The van der Waals surface area contributed by atoms with Gasteiger partial charge in [0.25, 0.3) is 5.91 Å². The maximum Gasteiger partial charge on any atom is 0.331 e. The third-order valence-corrected chi connectivity index (χ3v) is 5.34. The number of nitrogens with one attached hydrogen (secondary N) is 1. The molecule has 1 aliphatic carbocycles. The monoisotopic (exact) mass is 385 g/mol. The highest BCUT2D eigenvalue weighted by molar-refractivity contribution is 6.04. The average Bonchev–Trinajstić information content (AvgIpc) is 2.93. The Hall–Kier alpha value is -2.55. The van der Waals surface area contributed by atoms with Crippen molar-refractivity contribution in [2.75, 3.05) is 6.61 Å². The van der Waals surface area contributed by atoms with E-state index in [1.807, 2.05) is 19.1 Å². The molecule has 1 aliphatic rings. The molecule has 1 amide bonds. The quantitative estimate of drug-likeness (QED) is 0.456. The minimum atomic E-state index is -1.21. The van der Waals surface area contributed by atoms with Gasteiger partial charge in [0.1, 0.15) is 17.2 Å². The smallest absolute Gasteiger partial charge is 0.331 e. The topological polar surface area (TPSA) is 84.1 Å². The first-order valence-corrected chi connectivity index (χ1v) is 10.0. The SMILES string of the molecule is CCOC(=O)C(C)(C)NC(=O)/C(C#N)=C/c1cc(C)n(C2CCCCC2)c1C. The van der Waals surface area contributed by atoms with E-state index >= 15 is 0 Å². The highest BCUT2D eigenvalue weighted by atomic mass is 16.5. The molecule has 28 heavy (non-hydrogen) atoms. The summed E-state index contributed by atoms with van der Waals surface area (Å²) in [6, 6.07) is 4.47. The molecule has 0 unspecified atom stereocenters. The molecule has 0 spiro atoms. The van der Waals surface area contributed by atoms with Crippen LogP contribution in [0.3, 0.4) is 0 Å². The molecule has 0 bridgehead atoms. The number of hydrogen-bond acceptors (Lipinski definition) is 4. The molecule has 0 atom stereocenters. The number of nitriles is 1. The number of nitrogens with zero attached hydrogens (tertiary/aromatic N) is 2. The van der Waals surface area contributed by atoms with E-state index in [1.165, 1.54) is 32.1 Å². The van der Waals surface area contributed by atoms with Crippen molar-refractivity contribution in [1.82, 2.24) is 9.88 Å². The van der Waals surface area contributed by atoms with Crippen molar-refractivity contribution in [3.05, 3.63) is 28.6 Å². The van der Waals surface area contributed by atoms with Crippen LogP contribution in [0.25, 0.3) is 6.08 Å². The van der Waals surface area contributed by atoms with Crippen molar-refractivity contribution in [1.29, 1.82) is 5.26 Å². The summed E-state index contributed by atoms with van der Waals surface area (Å²) in [5.41, 5.74) is 1.84. The van der Waals surface area contributed by atoms with Crippen LogP contribution < -0.4 is 5.32 Å². The van der Waals surface area contributed by atoms with Gasteiger partial charge >= 0.3 is 5.97 Å². The summed E-state index contributed by atoms with van der Waals surface area (Å²) in [5.74, 6) is -1.11. The lowest BCUT2D eigenvalue weighted by atomic mass is 9.95. The van der Waals surface area contributed by atoms with Crippen molar-refractivity contribution in [3.8, 4) is 6.07 Å². The molecule has 0 saturated heterocycles. The summed E-state index contributed by atoms with van der Waals surface area (Å²) in [5, 5.41) is 12.1. The molecule has 6 heteroatoms. The molecular weight excluding hydrogens is 354 g/mol. The molecule has 0 aromatic carbocycles. The zero-order chi connectivity index (χ0) is 20.9. The van der Waals surface area contributed by atoms with E-state index in [0.717, 1.165) is 17.0 Å². The van der Waals surface area contributed by atoms with Gasteiger partial charge in [-0.05, 0) is 65.2 Å². The number of rotatable bonds is 6. The van der Waals surface area contributed by atoms with E-state index in [0.29, 0.717) is 6.04 Å². The van der Waals surface area contributed by atoms with E-state index in [4.69, 9.17) is 4.74 Å². The molecule has 0 aliphatic heterocycles. The number of aromatic nitrogens is 1. The van der Waals surface area contributed by atoms with Crippen LogP contribution in [0.4, 0.5) is 0 Å². The average molecular weight is 386 g/mol. The summed E-state index contributed by atoms with van der Waals surface area (Å²) in [6.07, 6.45) is 7.71. The van der Waals surface area contributed by atoms with Gasteiger partial charge in [-0.25, -0.2) is 4.79 Å². The third kappa shape index (κ3) is 4.83. The summed E-state index contributed by atoms with van der Waals surface area (Å²) < 4.78 is 7.32. The van der Waals surface area contributed by atoms with Crippen LogP contribution in [0, 0.1) is 25.2 Å². The van der Waals surface area contributed by atoms with Crippen LogP contribution in [-0.2, 0) is 14.3 Å². The first kappa shape index (κ1) is 21.7. The van der Waals surface area contributed by atoms with E-state index in [-0.39, 0.29) is 12.2 Å². The minimum Gasteiger partial charge on any atom is -0.464 e. The Morgan fingerprint density at radius 2 is 1.96 bits per heavy atom. The van der Waals surface area contributed by atoms with Gasteiger partial charge in [-0.1, -0.05) is 19.3 Å². The largest absolute Gasteiger partial charge is 0.464 e. The van der Waals surface area contributed by atoms with Crippen LogP contribution in [-0.4, -0.2) is 28.6 Å². The van der Waals surface area contributed by atoms with Gasteiger partial charge in [-0.3, -0.25) is 4.79 Å². The predicted molar refractivity (Wildman–Crippen MR) is 108 cm³/mol. The van der Waals surface area contributed by atoms with Gasteiger partial charge in [0.2, 0.25) is 0 Å². The standard InChI is InChI=1S/C22H31N3O3/c1-6-28-21(27)22(4,5)24-20(26)18(14-23)13-17-12-15(2)25(16(17)3)19-10-8-7-9-11-19/h12-13,19H,6-11H2,1-5H3,(H,24,26)/b18-13+. The Kier molecular flexibility index (Phi) is 7.06. The molecule has 1 saturated carbocycles. The Labute approximate surface area is 167 Å². The molecule has 2 rings (SSSR count). The van der Waals surface area contributed by atoms with Gasteiger partial charge in [-0.2, -0.15) is 5.26 Å². The normalized spacial score (nSPS) is 15.8. The van der Waals surface area contributed by atoms with Crippen molar-refractivity contribution in [3.63, 3.8) is 0 Å². The minimum absolute atomic E-state index is 0.0266. The van der Waals surface area contributed by atoms with Crippen molar-refractivity contribution in [2.24, 2.45) is 0 Å². The van der Waals surface area contributed by atoms with Gasteiger partial charge in [0.15, 0.2) is 0 Å². The van der Waals surface area contributed by atoms with Crippen LogP contribution in [0.5, 0.6) is 0 Å². The Morgan fingerprint density at radius 3 is 2.54 bits per heavy atom. The number of esters is 1. The van der Waals surface area contributed by atoms with E-state index in [9.17, 15) is 14.9 Å². The van der Waals surface area contributed by atoms with E-state index in [1.54, 1.807) is 26.8 Å². The highest BCUT2D eigenvalue weighted by Gasteiger charge is 2.32. The second-order valence-electron chi connectivity index (χ2n) is 7.96. The fraction of sp³-hybridized carbons (Fsp3) is 0.591. The molecule has 6 nitrogen and oxygen atoms in total. The summed E-state index contributed by atoms with van der Waals surface area (Å²) in [6.45, 7) is 9.15. The Balaban J connectivity index is 2.26. The lowest BCUT2D eigenvalue weighted by Crippen LogP contribution is -2.51. The lowest BCUT2D eigenvalue weighted by molar-refractivity contribution is -0.151. The number of aryl methyl sites for hydroxylation is 1. The number of carbonyl (C=O) groups excluding carboxylic acids is 2. The second kappa shape index (κ2) is 9.09. The Bertz CT molecular complexity index is 806. The molecule has 152 valence electrons. The summed E-state index contributed by atoms with van der Waals surface area (Å²) in [4.78, 5) is 24.6. The molecule has 1 heterocycles. The summed E-state index contributed by atoms with van der Waals surface area (Å²) >= 11 is 0. The second-order valence-corrected chi connectivity index (χ2v) is 7.96. The van der Waals surface area contributed by atoms with Crippen LogP contribution >= 0.6 is 0 Å². The first-order valence-electron chi connectivity index (χ1n) is 10.0. The molecular formula is C22H31N3O3. The van der Waals surface area contributed by atoms with Crippen molar-refractivity contribution >= 4 is 18.0 Å². The van der Waals surface area contributed by atoms with Crippen LogP contribution in [0.2, 0.25) is 0 Å². The van der Waals surface area contributed by atoms with Gasteiger partial charge in [0.05, 0.1) is 6.61 Å². The van der Waals surface area contributed by atoms with Crippen molar-refractivity contribution < 1.29 is 14.3 Å². The number of ether oxygens (including phenoxy) is 1. The number of carbonyl (C=O) groups is 2. The van der Waals surface area contributed by atoms with Crippen LogP contribution in [0.1, 0.15) is 75.9 Å². The van der Waals surface area contributed by atoms with Gasteiger partial charge in [0, 0.05) is 17.4 Å². The highest BCUT2D eigenvalue weighted by Crippen LogP contribution is 2.32. The maximum atomic E-state index is 12.6. The van der Waals surface area contributed by atoms with E-state index < -0.39 is 17.4 Å². The fourth-order valence-electron chi connectivity index (χ4n) is 3.87. The predicted octanol–water partition coefficient (Wildman–Crippen LogP) is 3.98. The third-order valence-electron chi connectivity index (χ3n) is 5.34. The van der Waals surface area contributed by atoms with Gasteiger partial charge in [-0.15, -0.1) is 0 Å². The summed E-state index contributed by atoms with van der Waals surface area (Å²) in [7, 11) is 0. The van der Waals surface area contributed by atoms with Crippen molar-refractivity contribution in [2.45, 2.75) is 78.3 Å². The first-order chi connectivity index (χ1) is 13.2. The zero-order valence-corrected chi connectivity index (χ0v) is 17.6. The number of hydrogen-bond donors (Lipinski definition) is 1. The van der Waals surface area contributed by atoms with Crippen LogP contribution in [0.15, 0.2) is 11.6 Å². The maximum absolute atomic E-state index is 12.6. The molecule has 0 radical (unpaired) electrons. The molecule has 1 fully saturated rings. The van der Waals surface area contributed by atoms with E-state index in [2.05, 4.69) is 16.8 Å².